The maximum Gasteiger partial charge on any atom is 0.125 e. The summed E-state index contributed by atoms with van der Waals surface area (Å²) in [7, 11) is 1.94. The Balaban J connectivity index is 2.35. The Kier molecular flexibility index (Phi) is 5.72. The minimum Gasteiger partial charge on any atom is -0.366 e. The number of aliphatic imine (C=N–C) groups is 1. The molecule has 0 aliphatic rings. The molecule has 2 nitrogen and oxygen atoms in total. The summed E-state index contributed by atoms with van der Waals surface area (Å²) in [4.78, 5) is 6.37. The summed E-state index contributed by atoms with van der Waals surface area (Å²) >= 11 is 3.54. The third kappa shape index (κ3) is 4.17. The topological polar surface area (TPSA) is 15.6 Å². The van der Waals surface area contributed by atoms with E-state index in [4.69, 9.17) is 0 Å². The van der Waals surface area contributed by atoms with Gasteiger partial charge < -0.3 is 4.90 Å². The van der Waals surface area contributed by atoms with Gasteiger partial charge in [0.25, 0.3) is 0 Å². The first-order valence-corrected chi connectivity index (χ1v) is 8.07. The van der Waals surface area contributed by atoms with E-state index in [1.807, 2.05) is 50.1 Å². The number of hydrogen-bond donors (Lipinski definition) is 0. The fourth-order valence-electron chi connectivity index (χ4n) is 2.13. The second kappa shape index (κ2) is 7.54. The van der Waals surface area contributed by atoms with E-state index >= 15 is 0 Å². The van der Waals surface area contributed by atoms with Crippen LogP contribution in [0, 0.1) is 12.7 Å². The molecule has 0 atom stereocenters. The highest BCUT2D eigenvalue weighted by atomic mass is 79.9. The first kappa shape index (κ1) is 16.7. The summed E-state index contributed by atoms with van der Waals surface area (Å²) in [6.07, 6.45) is 2.42. The van der Waals surface area contributed by atoms with E-state index in [2.05, 4.69) is 20.9 Å². The van der Waals surface area contributed by atoms with Crippen LogP contribution in [-0.4, -0.2) is 24.8 Å². The van der Waals surface area contributed by atoms with Crippen molar-refractivity contribution in [3.63, 3.8) is 0 Å². The molecule has 2 rings (SSSR count). The van der Waals surface area contributed by atoms with Crippen LogP contribution in [-0.2, 0) is 6.42 Å². The molecule has 0 aliphatic heterocycles. The average Bonchev–Trinajstić information content (AvgIpc) is 2.50. The molecule has 0 saturated heterocycles. The van der Waals surface area contributed by atoms with Crippen molar-refractivity contribution in [1.29, 1.82) is 0 Å². The fourth-order valence-corrected chi connectivity index (χ4v) is 2.55. The Labute approximate surface area is 139 Å². The van der Waals surface area contributed by atoms with E-state index in [0.29, 0.717) is 12.1 Å². The summed E-state index contributed by atoms with van der Waals surface area (Å²) in [5, 5.41) is 0. The molecule has 2 aromatic carbocycles. The molecule has 0 aromatic heterocycles. The van der Waals surface area contributed by atoms with Gasteiger partial charge in [-0.25, -0.2) is 9.38 Å². The SMILES string of the molecule is CCN(C)C=Nc1cc(F)cc(Cc2ccccc2Br)c1C. The van der Waals surface area contributed by atoms with Gasteiger partial charge in [-0.1, -0.05) is 34.1 Å². The number of nitrogens with zero attached hydrogens (tertiary/aromatic N) is 2. The summed E-state index contributed by atoms with van der Waals surface area (Å²) in [5.41, 5.74) is 3.79. The van der Waals surface area contributed by atoms with Crippen molar-refractivity contribution < 1.29 is 4.39 Å². The van der Waals surface area contributed by atoms with Crippen LogP contribution in [0.25, 0.3) is 0 Å². The standard InChI is InChI=1S/C18H20BrFN2/c1-4-22(3)12-21-18-11-16(20)10-15(13(18)2)9-14-7-5-6-8-17(14)19/h5-8,10-12H,4,9H2,1-3H3. The molecule has 4 heteroatoms. The molecule has 0 aliphatic carbocycles. The van der Waals surface area contributed by atoms with Crippen molar-refractivity contribution in [3.8, 4) is 0 Å². The third-order valence-corrected chi connectivity index (χ3v) is 4.46. The van der Waals surface area contributed by atoms with Gasteiger partial charge in [0.05, 0.1) is 12.0 Å². The highest BCUT2D eigenvalue weighted by Crippen LogP contribution is 2.27. The zero-order valence-corrected chi connectivity index (χ0v) is 14.7. The van der Waals surface area contributed by atoms with E-state index in [1.165, 1.54) is 6.07 Å². The first-order valence-electron chi connectivity index (χ1n) is 7.28. The van der Waals surface area contributed by atoms with Crippen molar-refractivity contribution in [3.05, 3.63) is 63.4 Å². The van der Waals surface area contributed by atoms with E-state index in [0.717, 1.165) is 27.7 Å². The van der Waals surface area contributed by atoms with Gasteiger partial charge in [0.1, 0.15) is 5.82 Å². The van der Waals surface area contributed by atoms with Crippen LogP contribution in [0.4, 0.5) is 10.1 Å². The maximum absolute atomic E-state index is 13.9. The van der Waals surface area contributed by atoms with Crippen LogP contribution in [0.15, 0.2) is 45.9 Å². The predicted molar refractivity (Wildman–Crippen MR) is 94.5 cm³/mol. The van der Waals surface area contributed by atoms with Crippen molar-refractivity contribution in [2.24, 2.45) is 4.99 Å². The largest absolute Gasteiger partial charge is 0.366 e. The minimum absolute atomic E-state index is 0.251. The summed E-state index contributed by atoms with van der Waals surface area (Å²) in [6.45, 7) is 4.90. The predicted octanol–water partition coefficient (Wildman–Crippen LogP) is 5.10. The molecule has 0 spiro atoms. The van der Waals surface area contributed by atoms with Gasteiger partial charge in [-0.2, -0.15) is 0 Å². The smallest absolute Gasteiger partial charge is 0.125 e. The van der Waals surface area contributed by atoms with Crippen molar-refractivity contribution in [1.82, 2.24) is 4.90 Å². The van der Waals surface area contributed by atoms with Crippen LogP contribution in [0.1, 0.15) is 23.6 Å². The van der Waals surface area contributed by atoms with Crippen LogP contribution in [0.5, 0.6) is 0 Å². The molecule has 22 heavy (non-hydrogen) atoms. The van der Waals surface area contributed by atoms with Crippen molar-refractivity contribution >= 4 is 28.0 Å². The molecule has 0 fully saturated rings. The minimum atomic E-state index is -0.251. The zero-order valence-electron chi connectivity index (χ0n) is 13.1. The highest BCUT2D eigenvalue weighted by molar-refractivity contribution is 9.10. The highest BCUT2D eigenvalue weighted by Gasteiger charge is 2.09. The van der Waals surface area contributed by atoms with E-state index < -0.39 is 0 Å². The molecule has 0 N–H and O–H groups in total. The molecule has 0 saturated carbocycles. The molecule has 0 unspecified atom stereocenters. The van der Waals surface area contributed by atoms with Crippen LogP contribution >= 0.6 is 15.9 Å². The average molecular weight is 363 g/mol. The molecular weight excluding hydrogens is 343 g/mol. The number of hydrogen-bond acceptors (Lipinski definition) is 1. The third-order valence-electron chi connectivity index (χ3n) is 3.68. The first-order chi connectivity index (χ1) is 10.5. The number of rotatable bonds is 5. The Morgan fingerprint density at radius 2 is 1.95 bits per heavy atom. The summed E-state index contributed by atoms with van der Waals surface area (Å²) < 4.78 is 15.0. The van der Waals surface area contributed by atoms with Crippen LogP contribution in [0.2, 0.25) is 0 Å². The van der Waals surface area contributed by atoms with Gasteiger partial charge in [-0.05, 0) is 55.2 Å². The molecule has 0 bridgehead atoms. The monoisotopic (exact) mass is 362 g/mol. The second-order valence-electron chi connectivity index (χ2n) is 5.30. The van der Waals surface area contributed by atoms with Gasteiger partial charge in [0.2, 0.25) is 0 Å². The Morgan fingerprint density at radius 3 is 2.64 bits per heavy atom. The van der Waals surface area contributed by atoms with Crippen molar-refractivity contribution in [2.45, 2.75) is 20.3 Å². The van der Waals surface area contributed by atoms with Gasteiger partial charge in [0.15, 0.2) is 0 Å². The second-order valence-corrected chi connectivity index (χ2v) is 6.15. The maximum atomic E-state index is 13.9. The lowest BCUT2D eigenvalue weighted by molar-refractivity contribution is 0.552. The Morgan fingerprint density at radius 1 is 1.23 bits per heavy atom. The van der Waals surface area contributed by atoms with E-state index in [-0.39, 0.29) is 5.82 Å². The lowest BCUT2D eigenvalue weighted by atomic mass is 9.99. The molecule has 116 valence electrons. The summed E-state index contributed by atoms with van der Waals surface area (Å²) in [6, 6.07) is 11.1. The van der Waals surface area contributed by atoms with Gasteiger partial charge >= 0.3 is 0 Å². The molecule has 0 heterocycles. The Hall–Kier alpha value is -1.68. The van der Waals surface area contributed by atoms with Crippen molar-refractivity contribution in [2.75, 3.05) is 13.6 Å². The van der Waals surface area contributed by atoms with Crippen LogP contribution in [0.3, 0.4) is 0 Å². The fraction of sp³-hybridized carbons (Fsp3) is 0.278. The lowest BCUT2D eigenvalue weighted by Gasteiger charge is -2.12. The molecule has 2 aromatic rings. The normalized spacial score (nSPS) is 11.1. The quantitative estimate of drug-likeness (QED) is 0.533. The number of halogens is 2. The van der Waals surface area contributed by atoms with Gasteiger partial charge in [-0.15, -0.1) is 0 Å². The summed E-state index contributed by atoms with van der Waals surface area (Å²) in [5.74, 6) is -0.251. The van der Waals surface area contributed by atoms with E-state index in [1.54, 1.807) is 12.4 Å². The molecule has 0 radical (unpaired) electrons. The molecular formula is C18H20BrFN2. The Bertz CT molecular complexity index is 683. The zero-order chi connectivity index (χ0) is 16.1. The molecule has 0 amide bonds. The van der Waals surface area contributed by atoms with Gasteiger partial charge in [0, 0.05) is 18.1 Å². The van der Waals surface area contributed by atoms with Crippen LogP contribution < -0.4 is 0 Å². The lowest BCUT2D eigenvalue weighted by Crippen LogP contribution is -2.14. The number of benzene rings is 2. The van der Waals surface area contributed by atoms with E-state index in [9.17, 15) is 4.39 Å². The van der Waals surface area contributed by atoms with Gasteiger partial charge in [-0.3, -0.25) is 0 Å².